The highest BCUT2D eigenvalue weighted by Gasteiger charge is 2.73. The van der Waals surface area contributed by atoms with Crippen molar-refractivity contribution < 1.29 is 24.4 Å². The zero-order valence-corrected chi connectivity index (χ0v) is 16.2. The molecule has 2 fully saturated rings. The number of carbonyl (C=O) groups is 3. The maximum atomic E-state index is 13.5. The average molecular weight is 392 g/mol. The number of likely N-dealkylation sites (tertiary alicyclic amines) is 1. The molecule has 3 N–H and O–H groups in total. The van der Waals surface area contributed by atoms with Crippen molar-refractivity contribution in [3.63, 3.8) is 0 Å². The lowest BCUT2D eigenvalue weighted by Crippen LogP contribution is -2.98. The Labute approximate surface area is 168 Å². The molecule has 0 saturated carbocycles. The van der Waals surface area contributed by atoms with E-state index >= 15 is 0 Å². The molecule has 0 unspecified atom stereocenters. The normalized spacial score (nSPS) is 29.9. The summed E-state index contributed by atoms with van der Waals surface area (Å²) in [4.78, 5) is 41.1. The van der Waals surface area contributed by atoms with Gasteiger partial charge in [0.25, 0.3) is 5.91 Å². The number of ether oxygens (including phenoxy) is 1. The van der Waals surface area contributed by atoms with Gasteiger partial charge in [-0.15, -0.1) is 0 Å². The van der Waals surface area contributed by atoms with Crippen LogP contribution in [0.25, 0.3) is 0 Å². The molecule has 1 spiro atoms. The minimum atomic E-state index is -1.08. The number of nitrogens with one attached hydrogen (secondary N) is 1. The van der Waals surface area contributed by atoms with E-state index in [1.165, 1.54) is 4.90 Å². The van der Waals surface area contributed by atoms with Crippen LogP contribution in [0.1, 0.15) is 18.1 Å². The number of nitrogens with zero attached hydrogens (tertiary/aromatic N) is 1. The Hall–Kier alpha value is -3.19. The van der Waals surface area contributed by atoms with Crippen LogP contribution >= 0.6 is 0 Å². The lowest BCUT2D eigenvalue weighted by molar-refractivity contribution is -0.730. The Morgan fingerprint density at radius 2 is 1.79 bits per heavy atom. The summed E-state index contributed by atoms with van der Waals surface area (Å²) in [5.74, 6) is -1.20. The van der Waals surface area contributed by atoms with E-state index in [0.29, 0.717) is 5.75 Å². The Balaban J connectivity index is 1.53. The van der Waals surface area contributed by atoms with E-state index in [9.17, 15) is 14.4 Å². The van der Waals surface area contributed by atoms with E-state index in [1.807, 2.05) is 48.6 Å². The van der Waals surface area contributed by atoms with Crippen LogP contribution in [0.3, 0.4) is 0 Å². The van der Waals surface area contributed by atoms with Gasteiger partial charge in [-0.1, -0.05) is 30.3 Å². The zero-order valence-electron chi connectivity index (χ0n) is 16.2. The van der Waals surface area contributed by atoms with Crippen LogP contribution < -0.4 is 15.4 Å². The number of hydrogen-bond acceptors (Lipinski definition) is 4. The first-order valence-corrected chi connectivity index (χ1v) is 9.72. The summed E-state index contributed by atoms with van der Waals surface area (Å²) in [6.45, 7) is 2.11. The van der Waals surface area contributed by atoms with Crippen LogP contribution in [-0.2, 0) is 26.5 Å². The number of methoxy groups -OCH3 is 1. The van der Waals surface area contributed by atoms with E-state index in [-0.39, 0.29) is 30.3 Å². The van der Waals surface area contributed by atoms with Crippen LogP contribution in [0, 0.1) is 11.8 Å². The lowest BCUT2D eigenvalue weighted by Gasteiger charge is -2.25. The smallest absolute Gasteiger partial charge is 0.291 e. The van der Waals surface area contributed by atoms with E-state index in [2.05, 4.69) is 5.32 Å². The van der Waals surface area contributed by atoms with Gasteiger partial charge in [-0.05, 0) is 30.7 Å². The predicted octanol–water partition coefficient (Wildman–Crippen LogP) is 0.610. The summed E-state index contributed by atoms with van der Waals surface area (Å²) in [5, 5.41) is 4.82. The van der Waals surface area contributed by atoms with Gasteiger partial charge in [0.15, 0.2) is 0 Å². The average Bonchev–Trinajstić information content (AvgIpc) is 3.28. The number of nitrogens with two attached hydrogens (primary N) is 1. The molecule has 2 aromatic rings. The van der Waals surface area contributed by atoms with Gasteiger partial charge in [0.05, 0.1) is 25.4 Å². The SMILES string of the molecule is COc1ccc(CN2C(=O)[C@@H]3[C@H](C)[NH2+][C@@]4(C(=O)Nc5ccccc54)[C@H]3C2=O)cc1. The van der Waals surface area contributed by atoms with Crippen molar-refractivity contribution in [3.8, 4) is 5.75 Å². The first kappa shape index (κ1) is 17.9. The highest BCUT2D eigenvalue weighted by atomic mass is 16.5. The minimum Gasteiger partial charge on any atom is -0.497 e. The molecular weight excluding hydrogens is 370 g/mol. The number of quaternary nitrogens is 1. The summed E-state index contributed by atoms with van der Waals surface area (Å²) in [6, 6.07) is 14.6. The molecule has 7 heteroatoms. The molecule has 0 radical (unpaired) electrons. The molecule has 5 rings (SSSR count). The van der Waals surface area contributed by atoms with Gasteiger partial charge in [0.1, 0.15) is 17.6 Å². The van der Waals surface area contributed by atoms with E-state index in [4.69, 9.17) is 4.74 Å². The zero-order chi connectivity index (χ0) is 20.3. The number of fused-ring (bicyclic) bond motifs is 4. The molecule has 2 saturated heterocycles. The standard InChI is InChI=1S/C22H21N3O4/c1-12-17-18(22(24-12)15-5-3-4-6-16(15)23-21(22)28)20(27)25(19(17)26)11-13-7-9-14(29-2)10-8-13/h3-10,12,17-18,24H,11H2,1-2H3,(H,23,28)/p+1/t12-,17+,18+,22+/m0/s1. The van der Waals surface area contributed by atoms with Gasteiger partial charge in [0.2, 0.25) is 17.4 Å². The molecule has 0 bridgehead atoms. The van der Waals surface area contributed by atoms with Gasteiger partial charge in [0, 0.05) is 5.56 Å². The Morgan fingerprint density at radius 1 is 1.07 bits per heavy atom. The minimum absolute atomic E-state index is 0.172. The fourth-order valence-electron chi connectivity index (χ4n) is 5.23. The van der Waals surface area contributed by atoms with Gasteiger partial charge in [-0.3, -0.25) is 19.3 Å². The summed E-state index contributed by atoms with van der Waals surface area (Å²) in [7, 11) is 1.59. The number of amides is 3. The largest absolute Gasteiger partial charge is 0.497 e. The maximum Gasteiger partial charge on any atom is 0.291 e. The van der Waals surface area contributed by atoms with E-state index < -0.39 is 17.4 Å². The molecule has 3 aliphatic rings. The summed E-state index contributed by atoms with van der Waals surface area (Å²) in [6.07, 6.45) is 0. The quantitative estimate of drug-likeness (QED) is 0.749. The first-order valence-electron chi connectivity index (χ1n) is 9.72. The van der Waals surface area contributed by atoms with Crippen molar-refractivity contribution in [2.75, 3.05) is 12.4 Å². The second kappa shape index (κ2) is 6.15. The van der Waals surface area contributed by atoms with Crippen molar-refractivity contribution in [2.45, 2.75) is 25.0 Å². The Bertz CT molecular complexity index is 1030. The number of benzene rings is 2. The van der Waals surface area contributed by atoms with Crippen LogP contribution in [0.4, 0.5) is 5.69 Å². The Morgan fingerprint density at radius 3 is 2.52 bits per heavy atom. The van der Waals surface area contributed by atoms with E-state index in [1.54, 1.807) is 19.2 Å². The van der Waals surface area contributed by atoms with Gasteiger partial charge in [-0.2, -0.15) is 0 Å². The van der Waals surface area contributed by atoms with Crippen LogP contribution in [0.2, 0.25) is 0 Å². The third kappa shape index (κ3) is 2.31. The van der Waals surface area contributed by atoms with Crippen molar-refractivity contribution in [2.24, 2.45) is 11.8 Å². The van der Waals surface area contributed by atoms with Gasteiger partial charge < -0.3 is 15.4 Å². The molecule has 3 heterocycles. The molecular formula is C22H22N3O4+. The number of hydrogen-bond donors (Lipinski definition) is 2. The number of para-hydroxylation sites is 1. The molecule has 0 aromatic heterocycles. The van der Waals surface area contributed by atoms with Crippen LogP contribution in [-0.4, -0.2) is 35.8 Å². The second-order valence-corrected chi connectivity index (χ2v) is 8.01. The molecule has 3 aliphatic heterocycles. The van der Waals surface area contributed by atoms with Crippen molar-refractivity contribution in [3.05, 3.63) is 59.7 Å². The molecule has 3 amide bonds. The number of anilines is 1. The molecule has 148 valence electrons. The molecule has 4 atom stereocenters. The highest BCUT2D eigenvalue weighted by molar-refractivity contribution is 6.13. The van der Waals surface area contributed by atoms with Gasteiger partial charge in [-0.25, -0.2) is 0 Å². The van der Waals surface area contributed by atoms with Crippen molar-refractivity contribution in [1.29, 1.82) is 0 Å². The fourth-order valence-corrected chi connectivity index (χ4v) is 5.23. The molecule has 29 heavy (non-hydrogen) atoms. The lowest BCUT2D eigenvalue weighted by atomic mass is 9.76. The van der Waals surface area contributed by atoms with Crippen molar-refractivity contribution in [1.82, 2.24) is 4.90 Å². The number of imide groups is 1. The molecule has 2 aromatic carbocycles. The van der Waals surface area contributed by atoms with E-state index in [0.717, 1.165) is 16.8 Å². The first-order chi connectivity index (χ1) is 14.0. The van der Waals surface area contributed by atoms with Crippen LogP contribution in [0.5, 0.6) is 5.75 Å². The topological polar surface area (TPSA) is 92.3 Å². The summed E-state index contributed by atoms with van der Waals surface area (Å²) < 4.78 is 5.17. The third-order valence-corrected chi connectivity index (χ3v) is 6.52. The number of rotatable bonds is 3. The van der Waals surface area contributed by atoms with Crippen molar-refractivity contribution >= 4 is 23.4 Å². The Kier molecular flexibility index (Phi) is 3.79. The fraction of sp³-hybridized carbons (Fsp3) is 0.318. The monoisotopic (exact) mass is 392 g/mol. The number of carbonyl (C=O) groups excluding carboxylic acids is 3. The third-order valence-electron chi connectivity index (χ3n) is 6.52. The second-order valence-electron chi connectivity index (χ2n) is 8.01. The predicted molar refractivity (Wildman–Crippen MR) is 104 cm³/mol. The highest BCUT2D eigenvalue weighted by Crippen LogP contribution is 2.49. The van der Waals surface area contributed by atoms with Gasteiger partial charge >= 0.3 is 0 Å². The summed E-state index contributed by atoms with van der Waals surface area (Å²) >= 11 is 0. The van der Waals surface area contributed by atoms with Crippen LogP contribution in [0.15, 0.2) is 48.5 Å². The maximum absolute atomic E-state index is 13.5. The molecule has 7 nitrogen and oxygen atoms in total. The summed E-state index contributed by atoms with van der Waals surface area (Å²) in [5.41, 5.74) is 1.27. The molecule has 0 aliphatic carbocycles.